The molecule has 14 heavy (non-hydrogen) atoms. The van der Waals surface area contributed by atoms with E-state index in [1.807, 2.05) is 12.1 Å². The van der Waals surface area contributed by atoms with Gasteiger partial charge in [-0.25, -0.2) is 0 Å². The number of anilines is 1. The summed E-state index contributed by atoms with van der Waals surface area (Å²) in [6.45, 7) is 0. The van der Waals surface area contributed by atoms with Crippen LogP contribution in [0.5, 0.6) is 0 Å². The van der Waals surface area contributed by atoms with Crippen LogP contribution in [0.15, 0.2) is 22.7 Å². The lowest BCUT2D eigenvalue weighted by Gasteiger charge is -2.05. The summed E-state index contributed by atoms with van der Waals surface area (Å²) in [6.07, 6.45) is 1.01. The molecule has 0 amide bonds. The predicted molar refractivity (Wildman–Crippen MR) is 58.9 cm³/mol. The second kappa shape index (κ2) is 3.60. The summed E-state index contributed by atoms with van der Waals surface area (Å²) in [5, 5.41) is 12.0. The molecule has 72 valence electrons. The van der Waals surface area contributed by atoms with Crippen molar-refractivity contribution in [2.75, 3.05) is 5.32 Å². The normalized spacial score (nSPS) is 24.1. The molecular formula is C10H10BrN3. The molecule has 1 fully saturated rings. The van der Waals surface area contributed by atoms with Gasteiger partial charge < -0.3 is 11.1 Å². The minimum Gasteiger partial charge on any atom is -0.381 e. The first-order valence-corrected chi connectivity index (χ1v) is 5.21. The Labute approximate surface area is 91.0 Å². The molecule has 1 saturated carbocycles. The van der Waals surface area contributed by atoms with E-state index in [-0.39, 0.29) is 6.04 Å². The number of hydrogen-bond acceptors (Lipinski definition) is 3. The summed E-state index contributed by atoms with van der Waals surface area (Å²) in [5.41, 5.74) is 7.29. The van der Waals surface area contributed by atoms with Crippen LogP contribution in [0.2, 0.25) is 0 Å². The van der Waals surface area contributed by atoms with Crippen LogP contribution in [-0.2, 0) is 0 Å². The zero-order chi connectivity index (χ0) is 10.1. The number of nitrogens with two attached hydrogens (primary N) is 1. The van der Waals surface area contributed by atoms with E-state index in [4.69, 9.17) is 11.0 Å². The number of benzene rings is 1. The van der Waals surface area contributed by atoms with Gasteiger partial charge in [-0.3, -0.25) is 0 Å². The Kier molecular flexibility index (Phi) is 2.44. The van der Waals surface area contributed by atoms with Crippen LogP contribution in [0.1, 0.15) is 12.0 Å². The monoisotopic (exact) mass is 251 g/mol. The van der Waals surface area contributed by atoms with E-state index in [2.05, 4.69) is 27.3 Å². The zero-order valence-electron chi connectivity index (χ0n) is 7.50. The van der Waals surface area contributed by atoms with Crippen molar-refractivity contribution < 1.29 is 0 Å². The molecule has 1 aliphatic rings. The van der Waals surface area contributed by atoms with Gasteiger partial charge in [0.25, 0.3) is 0 Å². The Bertz CT molecular complexity index is 397. The van der Waals surface area contributed by atoms with Crippen molar-refractivity contribution in [3.63, 3.8) is 0 Å². The molecule has 0 radical (unpaired) electrons. The smallest absolute Gasteiger partial charge is 0.0992 e. The average Bonchev–Trinajstić information content (AvgIpc) is 2.80. The zero-order valence-corrected chi connectivity index (χ0v) is 9.08. The molecule has 0 aliphatic heterocycles. The van der Waals surface area contributed by atoms with Gasteiger partial charge in [0.05, 0.1) is 11.6 Å². The first-order valence-electron chi connectivity index (χ1n) is 4.42. The Morgan fingerprint density at radius 1 is 1.50 bits per heavy atom. The largest absolute Gasteiger partial charge is 0.381 e. The van der Waals surface area contributed by atoms with Gasteiger partial charge in [-0.1, -0.05) is 15.9 Å². The standard InChI is InChI=1S/C10H10BrN3/c11-7-1-6(5-12)2-8(3-7)14-10-4-9(10)13/h1-3,9-10,14H,4,13H2. The molecule has 0 heterocycles. The number of hydrogen-bond donors (Lipinski definition) is 2. The Morgan fingerprint density at radius 2 is 2.21 bits per heavy atom. The molecule has 0 bridgehead atoms. The molecule has 0 spiro atoms. The second-order valence-electron chi connectivity index (χ2n) is 3.49. The molecular weight excluding hydrogens is 242 g/mol. The van der Waals surface area contributed by atoms with Crippen molar-refractivity contribution in [3.8, 4) is 6.07 Å². The molecule has 1 aromatic rings. The third-order valence-corrected chi connectivity index (χ3v) is 2.68. The molecule has 4 heteroatoms. The van der Waals surface area contributed by atoms with Crippen molar-refractivity contribution >= 4 is 21.6 Å². The number of halogens is 1. The van der Waals surface area contributed by atoms with E-state index in [1.165, 1.54) is 0 Å². The molecule has 2 unspecified atom stereocenters. The van der Waals surface area contributed by atoms with Gasteiger partial charge in [0.15, 0.2) is 0 Å². The van der Waals surface area contributed by atoms with Crippen molar-refractivity contribution in [2.24, 2.45) is 5.73 Å². The number of rotatable bonds is 2. The summed E-state index contributed by atoms with van der Waals surface area (Å²) in [6, 6.07) is 8.32. The maximum absolute atomic E-state index is 8.76. The summed E-state index contributed by atoms with van der Waals surface area (Å²) in [4.78, 5) is 0. The topological polar surface area (TPSA) is 61.8 Å². The second-order valence-corrected chi connectivity index (χ2v) is 4.41. The maximum Gasteiger partial charge on any atom is 0.0992 e. The van der Waals surface area contributed by atoms with Gasteiger partial charge in [-0.2, -0.15) is 5.26 Å². The van der Waals surface area contributed by atoms with Crippen LogP contribution >= 0.6 is 15.9 Å². The molecule has 0 saturated heterocycles. The van der Waals surface area contributed by atoms with E-state index < -0.39 is 0 Å². The van der Waals surface area contributed by atoms with E-state index in [0.717, 1.165) is 16.6 Å². The Hall–Kier alpha value is -1.05. The van der Waals surface area contributed by atoms with E-state index >= 15 is 0 Å². The van der Waals surface area contributed by atoms with Crippen molar-refractivity contribution in [2.45, 2.75) is 18.5 Å². The summed E-state index contributed by atoms with van der Waals surface area (Å²) in [7, 11) is 0. The molecule has 1 aliphatic carbocycles. The maximum atomic E-state index is 8.76. The fourth-order valence-corrected chi connectivity index (χ4v) is 1.83. The highest BCUT2D eigenvalue weighted by Crippen LogP contribution is 2.26. The van der Waals surface area contributed by atoms with E-state index in [0.29, 0.717) is 11.6 Å². The van der Waals surface area contributed by atoms with Crippen LogP contribution in [-0.4, -0.2) is 12.1 Å². The van der Waals surface area contributed by atoms with Gasteiger partial charge in [0.1, 0.15) is 0 Å². The van der Waals surface area contributed by atoms with Crippen LogP contribution in [0.4, 0.5) is 5.69 Å². The summed E-state index contributed by atoms with van der Waals surface area (Å²) < 4.78 is 0.910. The molecule has 3 N–H and O–H groups in total. The first-order chi connectivity index (χ1) is 6.69. The number of nitrogens with zero attached hydrogens (tertiary/aromatic N) is 1. The SMILES string of the molecule is N#Cc1cc(Br)cc(NC2CC2N)c1. The molecule has 1 aromatic carbocycles. The van der Waals surface area contributed by atoms with Crippen molar-refractivity contribution in [1.82, 2.24) is 0 Å². The van der Waals surface area contributed by atoms with Crippen molar-refractivity contribution in [1.29, 1.82) is 5.26 Å². The lowest BCUT2D eigenvalue weighted by Crippen LogP contribution is -2.13. The van der Waals surface area contributed by atoms with Gasteiger partial charge >= 0.3 is 0 Å². The van der Waals surface area contributed by atoms with Crippen LogP contribution in [0.3, 0.4) is 0 Å². The summed E-state index contributed by atoms with van der Waals surface area (Å²) in [5.74, 6) is 0. The van der Waals surface area contributed by atoms with Gasteiger partial charge in [-0.15, -0.1) is 0 Å². The van der Waals surface area contributed by atoms with E-state index in [9.17, 15) is 0 Å². The van der Waals surface area contributed by atoms with Crippen molar-refractivity contribution in [3.05, 3.63) is 28.2 Å². The van der Waals surface area contributed by atoms with Crippen LogP contribution < -0.4 is 11.1 Å². The quantitative estimate of drug-likeness (QED) is 0.844. The van der Waals surface area contributed by atoms with Crippen LogP contribution in [0, 0.1) is 11.3 Å². The third-order valence-electron chi connectivity index (χ3n) is 2.22. The predicted octanol–water partition coefficient (Wildman–Crippen LogP) is 1.83. The van der Waals surface area contributed by atoms with Gasteiger partial charge in [0, 0.05) is 22.2 Å². The van der Waals surface area contributed by atoms with Gasteiger partial charge in [-0.05, 0) is 24.6 Å². The minimum absolute atomic E-state index is 0.263. The number of nitriles is 1. The fourth-order valence-electron chi connectivity index (χ4n) is 1.33. The summed E-state index contributed by atoms with van der Waals surface area (Å²) >= 11 is 3.36. The van der Waals surface area contributed by atoms with Crippen LogP contribution in [0.25, 0.3) is 0 Å². The van der Waals surface area contributed by atoms with E-state index in [1.54, 1.807) is 6.07 Å². The molecule has 3 nitrogen and oxygen atoms in total. The molecule has 2 rings (SSSR count). The lowest BCUT2D eigenvalue weighted by atomic mass is 10.2. The molecule has 0 aromatic heterocycles. The molecule has 2 atom stereocenters. The Morgan fingerprint density at radius 3 is 2.79 bits per heavy atom. The average molecular weight is 252 g/mol. The lowest BCUT2D eigenvalue weighted by molar-refractivity contribution is 1.01. The Balaban J connectivity index is 2.17. The highest BCUT2D eigenvalue weighted by molar-refractivity contribution is 9.10. The third kappa shape index (κ3) is 2.06. The highest BCUT2D eigenvalue weighted by atomic mass is 79.9. The highest BCUT2D eigenvalue weighted by Gasteiger charge is 2.33. The fraction of sp³-hybridized carbons (Fsp3) is 0.300. The number of nitrogens with one attached hydrogen (secondary N) is 1. The minimum atomic E-state index is 0.263. The van der Waals surface area contributed by atoms with Gasteiger partial charge in [0.2, 0.25) is 0 Å². The first kappa shape index (κ1) is 9.50.